The molecule has 1 saturated heterocycles. The highest BCUT2D eigenvalue weighted by molar-refractivity contribution is 5.79. The Morgan fingerprint density at radius 1 is 1.26 bits per heavy atom. The number of fused-ring (bicyclic) bond motifs is 1. The summed E-state index contributed by atoms with van der Waals surface area (Å²) in [7, 11) is 0. The van der Waals surface area contributed by atoms with Crippen LogP contribution in [-0.2, 0) is 15.9 Å². The zero-order valence-electron chi connectivity index (χ0n) is 16.7. The second kappa shape index (κ2) is 11.3. The van der Waals surface area contributed by atoms with Gasteiger partial charge < -0.3 is 20.1 Å². The van der Waals surface area contributed by atoms with E-state index in [1.165, 1.54) is 30.4 Å². The minimum Gasteiger partial charge on any atom is -0.381 e. The molecule has 27 heavy (non-hydrogen) atoms. The SMILES string of the molecule is CCNC(=NCC1CCCc2ccccc21)NCCCOCC1CCOC1. The van der Waals surface area contributed by atoms with Crippen LogP contribution < -0.4 is 10.6 Å². The van der Waals surface area contributed by atoms with Gasteiger partial charge in [-0.05, 0) is 50.2 Å². The number of hydrogen-bond acceptors (Lipinski definition) is 3. The molecule has 1 aromatic rings. The minimum absolute atomic E-state index is 0.544. The van der Waals surface area contributed by atoms with Gasteiger partial charge in [-0.2, -0.15) is 0 Å². The van der Waals surface area contributed by atoms with Crippen LogP contribution in [-0.4, -0.2) is 52.0 Å². The Balaban J connectivity index is 1.39. The van der Waals surface area contributed by atoms with Gasteiger partial charge >= 0.3 is 0 Å². The lowest BCUT2D eigenvalue weighted by atomic mass is 9.83. The molecule has 0 spiro atoms. The fourth-order valence-electron chi connectivity index (χ4n) is 3.93. The van der Waals surface area contributed by atoms with E-state index >= 15 is 0 Å². The molecule has 2 N–H and O–H groups in total. The number of guanidine groups is 1. The molecule has 5 nitrogen and oxygen atoms in total. The van der Waals surface area contributed by atoms with Crippen LogP contribution in [0.15, 0.2) is 29.3 Å². The smallest absolute Gasteiger partial charge is 0.191 e. The van der Waals surface area contributed by atoms with Gasteiger partial charge in [0.25, 0.3) is 0 Å². The molecule has 1 aromatic carbocycles. The Hall–Kier alpha value is -1.59. The average molecular weight is 374 g/mol. The van der Waals surface area contributed by atoms with E-state index in [2.05, 4.69) is 41.8 Å². The summed E-state index contributed by atoms with van der Waals surface area (Å²) in [5.74, 6) is 2.06. The lowest BCUT2D eigenvalue weighted by molar-refractivity contribution is 0.0888. The number of benzene rings is 1. The maximum absolute atomic E-state index is 5.77. The Bertz CT molecular complexity index is 585. The second-order valence-corrected chi connectivity index (χ2v) is 7.59. The Morgan fingerprint density at radius 2 is 2.19 bits per heavy atom. The lowest BCUT2D eigenvalue weighted by Gasteiger charge is -2.24. The molecule has 1 fully saturated rings. The first kappa shape index (κ1) is 20.2. The summed E-state index contributed by atoms with van der Waals surface area (Å²) in [5.41, 5.74) is 3.00. The first-order valence-electron chi connectivity index (χ1n) is 10.6. The molecule has 5 heteroatoms. The van der Waals surface area contributed by atoms with Crippen molar-refractivity contribution in [2.75, 3.05) is 46.1 Å². The fraction of sp³-hybridized carbons (Fsp3) is 0.682. The summed E-state index contributed by atoms with van der Waals surface area (Å²) in [5, 5.41) is 6.81. The summed E-state index contributed by atoms with van der Waals surface area (Å²) >= 11 is 0. The number of hydrogen-bond donors (Lipinski definition) is 2. The molecule has 0 bridgehead atoms. The number of ether oxygens (including phenoxy) is 2. The maximum atomic E-state index is 5.77. The third-order valence-corrected chi connectivity index (χ3v) is 5.44. The largest absolute Gasteiger partial charge is 0.381 e. The number of aryl methyl sites for hydroxylation is 1. The number of aliphatic imine (C=N–C) groups is 1. The van der Waals surface area contributed by atoms with Gasteiger partial charge in [0.05, 0.1) is 13.2 Å². The zero-order chi connectivity index (χ0) is 18.7. The van der Waals surface area contributed by atoms with E-state index in [1.807, 2.05) is 0 Å². The van der Waals surface area contributed by atoms with Crippen LogP contribution in [0.25, 0.3) is 0 Å². The number of nitrogens with one attached hydrogen (secondary N) is 2. The Labute approximate surface area is 163 Å². The molecule has 3 rings (SSSR count). The van der Waals surface area contributed by atoms with E-state index in [9.17, 15) is 0 Å². The van der Waals surface area contributed by atoms with Crippen molar-refractivity contribution >= 4 is 5.96 Å². The van der Waals surface area contributed by atoms with Gasteiger partial charge in [0.2, 0.25) is 0 Å². The van der Waals surface area contributed by atoms with Crippen molar-refractivity contribution in [2.45, 2.75) is 44.9 Å². The molecule has 1 aliphatic carbocycles. The van der Waals surface area contributed by atoms with Gasteiger partial charge in [-0.1, -0.05) is 24.3 Å². The summed E-state index contributed by atoms with van der Waals surface area (Å²) < 4.78 is 11.1. The van der Waals surface area contributed by atoms with Crippen molar-refractivity contribution in [1.82, 2.24) is 10.6 Å². The topological polar surface area (TPSA) is 54.9 Å². The molecule has 2 unspecified atom stereocenters. The fourth-order valence-corrected chi connectivity index (χ4v) is 3.93. The van der Waals surface area contributed by atoms with Crippen molar-refractivity contribution in [2.24, 2.45) is 10.9 Å². The molecular weight excluding hydrogens is 338 g/mol. The number of nitrogens with zero attached hydrogens (tertiary/aromatic N) is 1. The molecular formula is C22H35N3O2. The third kappa shape index (κ3) is 6.51. The van der Waals surface area contributed by atoms with Crippen LogP contribution >= 0.6 is 0 Å². The number of rotatable bonds is 9. The van der Waals surface area contributed by atoms with E-state index in [1.54, 1.807) is 0 Å². The first-order valence-corrected chi connectivity index (χ1v) is 10.6. The molecule has 1 heterocycles. The quantitative estimate of drug-likeness (QED) is 0.397. The highest BCUT2D eigenvalue weighted by atomic mass is 16.5. The van der Waals surface area contributed by atoms with E-state index in [0.29, 0.717) is 11.8 Å². The van der Waals surface area contributed by atoms with E-state index in [0.717, 1.165) is 64.9 Å². The molecule has 0 saturated carbocycles. The monoisotopic (exact) mass is 373 g/mol. The minimum atomic E-state index is 0.544. The van der Waals surface area contributed by atoms with Crippen molar-refractivity contribution in [1.29, 1.82) is 0 Å². The normalized spacial score (nSPS) is 22.5. The van der Waals surface area contributed by atoms with Gasteiger partial charge in [0, 0.05) is 44.7 Å². The highest BCUT2D eigenvalue weighted by Crippen LogP contribution is 2.31. The average Bonchev–Trinajstić information content (AvgIpc) is 3.22. The van der Waals surface area contributed by atoms with Crippen molar-refractivity contribution in [3.05, 3.63) is 35.4 Å². The summed E-state index contributed by atoms with van der Waals surface area (Å²) in [6, 6.07) is 8.86. The van der Waals surface area contributed by atoms with Crippen LogP contribution in [0.5, 0.6) is 0 Å². The Kier molecular flexibility index (Phi) is 8.43. The maximum Gasteiger partial charge on any atom is 0.191 e. The van der Waals surface area contributed by atoms with Crippen LogP contribution in [0.4, 0.5) is 0 Å². The predicted molar refractivity (Wildman–Crippen MR) is 110 cm³/mol. The Morgan fingerprint density at radius 3 is 3.04 bits per heavy atom. The van der Waals surface area contributed by atoms with Crippen LogP contribution in [0.1, 0.15) is 49.7 Å². The third-order valence-electron chi connectivity index (χ3n) is 5.44. The van der Waals surface area contributed by atoms with Crippen molar-refractivity contribution in [3.63, 3.8) is 0 Å². The highest BCUT2D eigenvalue weighted by Gasteiger charge is 2.19. The molecule has 0 amide bonds. The van der Waals surface area contributed by atoms with Gasteiger partial charge in [-0.15, -0.1) is 0 Å². The summed E-state index contributed by atoms with van der Waals surface area (Å²) in [6.45, 7) is 8.10. The molecule has 150 valence electrons. The van der Waals surface area contributed by atoms with Gasteiger partial charge in [-0.25, -0.2) is 0 Å². The second-order valence-electron chi connectivity index (χ2n) is 7.59. The van der Waals surface area contributed by atoms with E-state index in [-0.39, 0.29) is 0 Å². The molecule has 1 aliphatic heterocycles. The predicted octanol–water partition coefficient (Wildman–Crippen LogP) is 3.10. The molecule has 0 radical (unpaired) electrons. The summed E-state index contributed by atoms with van der Waals surface area (Å²) in [6.07, 6.45) is 5.84. The molecule has 2 aliphatic rings. The van der Waals surface area contributed by atoms with E-state index in [4.69, 9.17) is 14.5 Å². The van der Waals surface area contributed by atoms with Gasteiger partial charge in [-0.3, -0.25) is 4.99 Å². The van der Waals surface area contributed by atoms with Crippen LogP contribution in [0, 0.1) is 5.92 Å². The lowest BCUT2D eigenvalue weighted by Crippen LogP contribution is -2.38. The van der Waals surface area contributed by atoms with Gasteiger partial charge in [0.1, 0.15) is 0 Å². The van der Waals surface area contributed by atoms with Gasteiger partial charge in [0.15, 0.2) is 5.96 Å². The zero-order valence-corrected chi connectivity index (χ0v) is 16.7. The first-order chi connectivity index (χ1) is 13.4. The van der Waals surface area contributed by atoms with E-state index < -0.39 is 0 Å². The molecule has 0 aromatic heterocycles. The standard InChI is InChI=1S/C22H35N3O2/c1-2-23-22(24-12-6-13-26-16-18-11-14-27-17-18)25-15-20-9-5-8-19-7-3-4-10-21(19)20/h3-4,7,10,18,20H,2,5-6,8-9,11-17H2,1H3,(H2,23,24,25). The summed E-state index contributed by atoms with van der Waals surface area (Å²) in [4.78, 5) is 4.85. The molecule has 2 atom stereocenters. The van der Waals surface area contributed by atoms with Crippen LogP contribution in [0.3, 0.4) is 0 Å². The van der Waals surface area contributed by atoms with Crippen molar-refractivity contribution < 1.29 is 9.47 Å². The van der Waals surface area contributed by atoms with Crippen LogP contribution in [0.2, 0.25) is 0 Å². The van der Waals surface area contributed by atoms with Crippen molar-refractivity contribution in [3.8, 4) is 0 Å².